The van der Waals surface area contributed by atoms with Crippen molar-refractivity contribution in [3.63, 3.8) is 0 Å². The smallest absolute Gasteiger partial charge is 0.246 e. The molecule has 2 aliphatic rings. The lowest BCUT2D eigenvalue weighted by atomic mass is 9.91. The van der Waals surface area contributed by atoms with Crippen molar-refractivity contribution in [1.29, 1.82) is 0 Å². The lowest BCUT2D eigenvalue weighted by Crippen LogP contribution is -2.54. The summed E-state index contributed by atoms with van der Waals surface area (Å²) in [5.41, 5.74) is 5.83. The normalized spacial score (nSPS) is 22.1. The lowest BCUT2D eigenvalue weighted by molar-refractivity contribution is -0.143. The number of piperazine rings is 1. The fourth-order valence-electron chi connectivity index (χ4n) is 4.22. The Kier molecular flexibility index (Phi) is 8.81. The van der Waals surface area contributed by atoms with E-state index in [9.17, 15) is 14.4 Å². The monoisotopic (exact) mass is 510 g/mol. The van der Waals surface area contributed by atoms with E-state index in [1.165, 1.54) is 4.90 Å². The van der Waals surface area contributed by atoms with Crippen LogP contribution in [0.3, 0.4) is 0 Å². The summed E-state index contributed by atoms with van der Waals surface area (Å²) in [6, 6.07) is 1.11. The van der Waals surface area contributed by atoms with Gasteiger partial charge in [-0.05, 0) is 31.6 Å². The Morgan fingerprint density at radius 3 is 2.59 bits per heavy atom. The zero-order valence-corrected chi connectivity index (χ0v) is 22.0. The minimum atomic E-state index is -0.624. The van der Waals surface area contributed by atoms with Crippen LogP contribution in [0, 0.1) is 5.41 Å². The molecule has 0 saturated carbocycles. The van der Waals surface area contributed by atoms with Gasteiger partial charge in [0.2, 0.25) is 17.7 Å². The number of nitrogens with two attached hydrogens (primary N) is 1. The molecule has 9 nitrogen and oxygen atoms in total. The van der Waals surface area contributed by atoms with Crippen LogP contribution >= 0.6 is 23.4 Å². The largest absolute Gasteiger partial charge is 0.353 e. The number of rotatable bonds is 5. The predicted molar refractivity (Wildman–Crippen MR) is 134 cm³/mol. The molecule has 3 rings (SSSR count). The molecular formula is C23H35ClN6O3S. The Labute approximate surface area is 210 Å². The summed E-state index contributed by atoms with van der Waals surface area (Å²) in [7, 11) is 0. The minimum Gasteiger partial charge on any atom is -0.353 e. The third-order valence-electron chi connectivity index (χ3n) is 5.97. The van der Waals surface area contributed by atoms with E-state index in [0.717, 1.165) is 24.6 Å². The highest BCUT2D eigenvalue weighted by molar-refractivity contribution is 7.99. The Bertz CT molecular complexity index is 924. The zero-order valence-electron chi connectivity index (χ0n) is 20.4. The van der Waals surface area contributed by atoms with Crippen molar-refractivity contribution in [2.24, 2.45) is 11.1 Å². The van der Waals surface area contributed by atoms with Gasteiger partial charge in [-0.2, -0.15) is 0 Å². The molecule has 11 heteroatoms. The van der Waals surface area contributed by atoms with Gasteiger partial charge in [0.25, 0.3) is 0 Å². The van der Waals surface area contributed by atoms with Crippen LogP contribution in [0.4, 0.5) is 5.82 Å². The molecule has 2 unspecified atom stereocenters. The molecule has 0 radical (unpaired) electrons. The van der Waals surface area contributed by atoms with Gasteiger partial charge in [-0.3, -0.25) is 19.3 Å². The second kappa shape index (κ2) is 11.2. The molecule has 1 aromatic rings. The van der Waals surface area contributed by atoms with Crippen molar-refractivity contribution < 1.29 is 14.4 Å². The molecule has 0 aromatic carbocycles. The van der Waals surface area contributed by atoms with E-state index in [1.54, 1.807) is 6.07 Å². The Morgan fingerprint density at radius 2 is 1.91 bits per heavy atom. The molecule has 2 atom stereocenters. The summed E-state index contributed by atoms with van der Waals surface area (Å²) in [6.45, 7) is 10.5. The number of amides is 3. The number of carbonyl (C=O) groups is 3. The van der Waals surface area contributed by atoms with Gasteiger partial charge in [0.05, 0.1) is 11.8 Å². The van der Waals surface area contributed by atoms with Crippen LogP contribution in [-0.2, 0) is 14.4 Å². The number of imide groups is 1. The van der Waals surface area contributed by atoms with Crippen molar-refractivity contribution in [2.45, 2.75) is 70.6 Å². The van der Waals surface area contributed by atoms with E-state index >= 15 is 0 Å². The average Bonchev–Trinajstić information content (AvgIpc) is 2.91. The Balaban J connectivity index is 1.62. The molecule has 2 N–H and O–H groups in total. The predicted octanol–water partition coefficient (Wildman–Crippen LogP) is 2.56. The van der Waals surface area contributed by atoms with Gasteiger partial charge < -0.3 is 15.5 Å². The number of halogens is 1. The Hall–Kier alpha value is -1.91. The van der Waals surface area contributed by atoms with Crippen LogP contribution in [0.15, 0.2) is 11.2 Å². The van der Waals surface area contributed by atoms with E-state index in [1.807, 2.05) is 11.8 Å². The number of hydrogen-bond donors (Lipinski definition) is 1. The molecule has 0 spiro atoms. The average molecular weight is 511 g/mol. The Morgan fingerprint density at radius 1 is 1.18 bits per heavy atom. The highest BCUT2D eigenvalue weighted by Gasteiger charge is 2.31. The number of carbonyl (C=O) groups excluding carboxylic acids is 3. The second-order valence-corrected chi connectivity index (χ2v) is 11.6. The number of thioether (sulfide) groups is 1. The number of hydrogen-bond acceptors (Lipinski definition) is 8. The molecule has 2 aliphatic heterocycles. The number of likely N-dealkylation sites (tertiary alicyclic amines) is 1. The minimum absolute atomic E-state index is 0.0315. The summed E-state index contributed by atoms with van der Waals surface area (Å²) in [5, 5.41) is 0.660. The van der Waals surface area contributed by atoms with Crippen LogP contribution in [-0.4, -0.2) is 81.5 Å². The van der Waals surface area contributed by atoms with Crippen LogP contribution in [0.1, 0.15) is 53.4 Å². The first-order valence-electron chi connectivity index (χ1n) is 11.8. The summed E-state index contributed by atoms with van der Waals surface area (Å²) < 4.78 is 0. The summed E-state index contributed by atoms with van der Waals surface area (Å²) in [5.74, 6) is 0.250. The maximum absolute atomic E-state index is 12.7. The van der Waals surface area contributed by atoms with E-state index in [0.29, 0.717) is 50.0 Å². The van der Waals surface area contributed by atoms with Crippen molar-refractivity contribution in [3.05, 3.63) is 11.2 Å². The third kappa shape index (κ3) is 7.05. The van der Waals surface area contributed by atoms with Gasteiger partial charge in [-0.25, -0.2) is 9.97 Å². The molecule has 2 saturated heterocycles. The summed E-state index contributed by atoms with van der Waals surface area (Å²) >= 11 is 7.42. The first kappa shape index (κ1) is 26.7. The van der Waals surface area contributed by atoms with Gasteiger partial charge in [0, 0.05) is 44.7 Å². The molecule has 0 aliphatic carbocycles. The van der Waals surface area contributed by atoms with E-state index < -0.39 is 6.04 Å². The second-order valence-electron chi connectivity index (χ2n) is 10.2. The molecule has 3 heterocycles. The molecule has 3 amide bonds. The van der Waals surface area contributed by atoms with Gasteiger partial charge >= 0.3 is 0 Å². The summed E-state index contributed by atoms with van der Waals surface area (Å²) in [4.78, 5) is 51.9. The fraction of sp³-hybridized carbons (Fsp3) is 0.696. The topological polar surface area (TPSA) is 113 Å². The van der Waals surface area contributed by atoms with E-state index in [-0.39, 0.29) is 40.1 Å². The molecule has 1 aromatic heterocycles. The van der Waals surface area contributed by atoms with Crippen LogP contribution in [0.2, 0.25) is 5.15 Å². The van der Waals surface area contributed by atoms with Crippen LogP contribution < -0.4 is 10.6 Å². The van der Waals surface area contributed by atoms with Crippen LogP contribution in [0.5, 0.6) is 0 Å². The molecule has 34 heavy (non-hydrogen) atoms. The first-order chi connectivity index (χ1) is 15.9. The van der Waals surface area contributed by atoms with Gasteiger partial charge in [0.15, 0.2) is 5.16 Å². The zero-order chi connectivity index (χ0) is 25.0. The molecule has 188 valence electrons. The molecule has 2 fully saturated rings. The lowest BCUT2D eigenvalue weighted by Gasteiger charge is -2.41. The highest BCUT2D eigenvalue weighted by atomic mass is 35.5. The maximum Gasteiger partial charge on any atom is 0.246 e. The van der Waals surface area contributed by atoms with E-state index in [2.05, 4.69) is 35.6 Å². The standard InChI is InChI=1S/C23H35ClN6O3S/c1-15-13-28(9-10-29(15)19(31)12-23(2,3)4)18-11-17(24)26-22(27-18)34-14-20(32)30-8-6-5-7-16(25)21(30)33/h11,15-16H,5-10,12-14,25H2,1-4H3. The third-order valence-corrected chi connectivity index (χ3v) is 7.00. The van der Waals surface area contributed by atoms with E-state index in [4.69, 9.17) is 17.3 Å². The van der Waals surface area contributed by atoms with Gasteiger partial charge in [-0.1, -0.05) is 44.1 Å². The van der Waals surface area contributed by atoms with Crippen molar-refractivity contribution in [3.8, 4) is 0 Å². The number of aromatic nitrogens is 2. The van der Waals surface area contributed by atoms with Gasteiger partial charge in [0.1, 0.15) is 11.0 Å². The number of anilines is 1. The van der Waals surface area contributed by atoms with Crippen LogP contribution in [0.25, 0.3) is 0 Å². The highest BCUT2D eigenvalue weighted by Crippen LogP contribution is 2.26. The fourth-order valence-corrected chi connectivity index (χ4v) is 5.18. The maximum atomic E-state index is 12.7. The van der Waals surface area contributed by atoms with Gasteiger partial charge in [-0.15, -0.1) is 0 Å². The SMILES string of the molecule is CC1CN(c2cc(Cl)nc(SCC(=O)N3CCCCC(N)C3=O)n2)CCN1C(=O)CC(C)(C)C. The molecule has 0 bridgehead atoms. The van der Waals surface area contributed by atoms with Crippen molar-refractivity contribution in [1.82, 2.24) is 19.8 Å². The first-order valence-corrected chi connectivity index (χ1v) is 13.1. The summed E-state index contributed by atoms with van der Waals surface area (Å²) in [6.07, 6.45) is 2.70. The van der Waals surface area contributed by atoms with Crippen molar-refractivity contribution in [2.75, 3.05) is 36.8 Å². The molecular weight excluding hydrogens is 476 g/mol. The number of nitrogens with zero attached hydrogens (tertiary/aromatic N) is 5. The van der Waals surface area contributed by atoms with Crippen molar-refractivity contribution >= 4 is 46.9 Å². The quantitative estimate of drug-likeness (QED) is 0.365.